The number of esters is 1. The van der Waals surface area contributed by atoms with Crippen LogP contribution in [0.2, 0.25) is 0 Å². The van der Waals surface area contributed by atoms with Gasteiger partial charge < -0.3 is 20.3 Å². The number of unbranched alkanes of at least 4 members (excludes halogenated alkanes) is 57. The molecule has 0 aliphatic rings. The molecule has 0 saturated carbocycles. The molecular weight excluding hydrogens is 1090 g/mol. The summed E-state index contributed by atoms with van der Waals surface area (Å²) in [5.41, 5.74) is 0. The van der Waals surface area contributed by atoms with Crippen LogP contribution in [0.5, 0.6) is 0 Å². The number of hydrogen-bond acceptors (Lipinski definition) is 5. The van der Waals surface area contributed by atoms with Gasteiger partial charge in [0.15, 0.2) is 0 Å². The maximum atomic E-state index is 12.5. The van der Waals surface area contributed by atoms with Gasteiger partial charge in [0.05, 0.1) is 25.4 Å². The first-order valence-electron chi connectivity index (χ1n) is 40.4. The van der Waals surface area contributed by atoms with Crippen molar-refractivity contribution in [2.24, 2.45) is 0 Å². The average molecular weight is 1250 g/mol. The molecule has 0 bridgehead atoms. The maximum Gasteiger partial charge on any atom is 0.305 e. The van der Waals surface area contributed by atoms with Crippen molar-refractivity contribution in [3.63, 3.8) is 0 Å². The molecule has 6 heteroatoms. The van der Waals surface area contributed by atoms with Crippen molar-refractivity contribution in [2.75, 3.05) is 13.2 Å². The highest BCUT2D eigenvalue weighted by atomic mass is 16.5. The van der Waals surface area contributed by atoms with Gasteiger partial charge in [0.2, 0.25) is 5.91 Å². The Balaban J connectivity index is 3.36. The minimum atomic E-state index is -0.663. The van der Waals surface area contributed by atoms with E-state index in [0.29, 0.717) is 25.9 Å². The Bertz CT molecular complexity index is 1490. The molecule has 524 valence electrons. The van der Waals surface area contributed by atoms with E-state index >= 15 is 0 Å². The summed E-state index contributed by atoms with van der Waals surface area (Å²) in [4.78, 5) is 24.6. The van der Waals surface area contributed by atoms with Crippen molar-refractivity contribution in [2.45, 2.75) is 456 Å². The van der Waals surface area contributed by atoms with E-state index in [4.69, 9.17) is 4.74 Å². The summed E-state index contributed by atoms with van der Waals surface area (Å²) >= 11 is 0. The summed E-state index contributed by atoms with van der Waals surface area (Å²) in [6.07, 6.45) is 104. The monoisotopic (exact) mass is 1250 g/mol. The summed E-state index contributed by atoms with van der Waals surface area (Å²) in [6.45, 7) is 4.96. The van der Waals surface area contributed by atoms with Crippen molar-refractivity contribution in [1.82, 2.24) is 5.32 Å². The molecule has 0 aromatic rings. The largest absolute Gasteiger partial charge is 0.466 e. The van der Waals surface area contributed by atoms with E-state index < -0.39 is 12.1 Å². The van der Waals surface area contributed by atoms with Crippen LogP contribution in [0.1, 0.15) is 444 Å². The molecule has 0 aliphatic heterocycles. The van der Waals surface area contributed by atoms with Crippen LogP contribution in [0.25, 0.3) is 0 Å². The number of aliphatic hydroxyl groups excluding tert-OH is 2. The van der Waals surface area contributed by atoms with E-state index in [1.807, 2.05) is 0 Å². The number of ether oxygens (including phenoxy) is 1. The lowest BCUT2D eigenvalue weighted by molar-refractivity contribution is -0.143. The minimum absolute atomic E-state index is 0.00663. The second-order valence-electron chi connectivity index (χ2n) is 27.7. The number of aliphatic hydroxyl groups is 2. The van der Waals surface area contributed by atoms with Crippen molar-refractivity contribution in [3.05, 3.63) is 48.6 Å². The van der Waals surface area contributed by atoms with Crippen LogP contribution >= 0.6 is 0 Å². The SMILES string of the molecule is CCCCC/C=C\C/C=C\CCCCCCCC(=O)OCCCCCCCCCCCCCCCCC/C=C\C/C=C\CCCCCCCCCCCCCCCCCCCC(=O)NC(CO)C(O)CCCCCCCCCCCCCCCCCCCC. The summed E-state index contributed by atoms with van der Waals surface area (Å²) in [7, 11) is 0. The van der Waals surface area contributed by atoms with Crippen LogP contribution < -0.4 is 5.32 Å². The number of nitrogens with one attached hydrogen (secondary N) is 1. The molecule has 0 rings (SSSR count). The third-order valence-corrected chi connectivity index (χ3v) is 18.9. The number of carbonyl (C=O) groups excluding carboxylic acids is 2. The van der Waals surface area contributed by atoms with Crippen LogP contribution in [0.3, 0.4) is 0 Å². The van der Waals surface area contributed by atoms with Crippen molar-refractivity contribution in [3.8, 4) is 0 Å². The highest BCUT2D eigenvalue weighted by Gasteiger charge is 2.20. The molecule has 2 unspecified atom stereocenters. The molecule has 3 N–H and O–H groups in total. The van der Waals surface area contributed by atoms with Gasteiger partial charge in [0, 0.05) is 12.8 Å². The summed E-state index contributed by atoms with van der Waals surface area (Å²) < 4.78 is 5.49. The number of carbonyl (C=O) groups is 2. The Morgan fingerprint density at radius 1 is 0.315 bits per heavy atom. The quantitative estimate of drug-likeness (QED) is 0.0320. The highest BCUT2D eigenvalue weighted by Crippen LogP contribution is 2.20. The molecule has 0 heterocycles. The Kier molecular flexibility index (Phi) is 76.3. The summed E-state index contributed by atoms with van der Waals surface area (Å²) in [5.74, 6) is -0.0212. The second kappa shape index (κ2) is 78.3. The molecule has 0 aromatic carbocycles. The Morgan fingerprint density at radius 2 is 0.562 bits per heavy atom. The van der Waals surface area contributed by atoms with E-state index in [1.54, 1.807) is 0 Å². The predicted molar refractivity (Wildman–Crippen MR) is 393 cm³/mol. The second-order valence-corrected chi connectivity index (χ2v) is 27.7. The standard InChI is InChI=1S/C83H157NO5/c1-3-5-7-9-11-13-15-17-19-20-44-48-51-55-59-63-67-71-75-81(86)80(79-85)84-82(87)76-72-68-64-60-56-52-49-45-42-40-38-36-34-32-30-28-26-24-22-21-23-25-27-29-31-33-35-37-39-41-43-46-50-54-58-62-66-70-74-78-89-83(88)77-73-69-65-61-57-53-47-18-16-14-12-10-8-6-4-2/h12,14,18,21-22,25,27,47,80-81,85-86H,3-11,13,15-17,19-20,23-24,26,28-46,48-79H2,1-2H3,(H,84,87)/b14-12-,22-21-,27-25-,47-18-. The smallest absolute Gasteiger partial charge is 0.305 e. The zero-order valence-corrected chi connectivity index (χ0v) is 60.2. The van der Waals surface area contributed by atoms with Gasteiger partial charge in [-0.15, -0.1) is 0 Å². The van der Waals surface area contributed by atoms with E-state index in [9.17, 15) is 19.8 Å². The van der Waals surface area contributed by atoms with Crippen LogP contribution in [0.15, 0.2) is 48.6 Å². The fraction of sp³-hybridized carbons (Fsp3) is 0.880. The van der Waals surface area contributed by atoms with Crippen LogP contribution in [-0.2, 0) is 14.3 Å². The molecule has 0 fully saturated rings. The van der Waals surface area contributed by atoms with Gasteiger partial charge in [-0.3, -0.25) is 9.59 Å². The molecular formula is C83H157NO5. The maximum absolute atomic E-state index is 12.5. The normalized spacial score (nSPS) is 12.7. The molecule has 0 spiro atoms. The third kappa shape index (κ3) is 74.7. The topological polar surface area (TPSA) is 95.9 Å². The van der Waals surface area contributed by atoms with E-state index in [-0.39, 0.29) is 18.5 Å². The van der Waals surface area contributed by atoms with Gasteiger partial charge in [-0.1, -0.05) is 390 Å². The minimum Gasteiger partial charge on any atom is -0.466 e. The van der Waals surface area contributed by atoms with Crippen molar-refractivity contribution >= 4 is 11.9 Å². The molecule has 0 saturated heterocycles. The highest BCUT2D eigenvalue weighted by molar-refractivity contribution is 5.76. The summed E-state index contributed by atoms with van der Waals surface area (Å²) in [5, 5.41) is 23.4. The molecule has 0 radical (unpaired) electrons. The lowest BCUT2D eigenvalue weighted by atomic mass is 10.0. The molecule has 2 atom stereocenters. The van der Waals surface area contributed by atoms with Gasteiger partial charge in [0.1, 0.15) is 0 Å². The Morgan fingerprint density at radius 3 is 0.876 bits per heavy atom. The molecule has 0 aromatic heterocycles. The number of amides is 1. The summed E-state index contributed by atoms with van der Waals surface area (Å²) in [6, 6.07) is -0.540. The molecule has 6 nitrogen and oxygen atoms in total. The van der Waals surface area contributed by atoms with Crippen LogP contribution in [0, 0.1) is 0 Å². The molecule has 89 heavy (non-hydrogen) atoms. The average Bonchev–Trinajstić information content (AvgIpc) is 3.60. The van der Waals surface area contributed by atoms with Crippen LogP contribution in [-0.4, -0.2) is 47.4 Å². The lowest BCUT2D eigenvalue weighted by Crippen LogP contribution is -2.45. The van der Waals surface area contributed by atoms with Gasteiger partial charge in [0.25, 0.3) is 0 Å². The zero-order valence-electron chi connectivity index (χ0n) is 60.2. The predicted octanol–water partition coefficient (Wildman–Crippen LogP) is 26.8. The van der Waals surface area contributed by atoms with Gasteiger partial charge in [-0.2, -0.15) is 0 Å². The molecule has 0 aliphatic carbocycles. The first kappa shape index (κ1) is 86.8. The van der Waals surface area contributed by atoms with Crippen molar-refractivity contribution < 1.29 is 24.5 Å². The van der Waals surface area contributed by atoms with E-state index in [2.05, 4.69) is 67.8 Å². The van der Waals surface area contributed by atoms with Crippen LogP contribution in [0.4, 0.5) is 0 Å². The first-order chi connectivity index (χ1) is 44.0. The lowest BCUT2D eigenvalue weighted by Gasteiger charge is -2.22. The van der Waals surface area contributed by atoms with Gasteiger partial charge >= 0.3 is 5.97 Å². The van der Waals surface area contributed by atoms with Gasteiger partial charge in [-0.25, -0.2) is 0 Å². The number of hydrogen-bond donors (Lipinski definition) is 3. The third-order valence-electron chi connectivity index (χ3n) is 18.9. The first-order valence-corrected chi connectivity index (χ1v) is 40.4. The fourth-order valence-electron chi connectivity index (χ4n) is 12.7. The van der Waals surface area contributed by atoms with Gasteiger partial charge in [-0.05, 0) is 89.9 Å². The number of rotatable bonds is 76. The Labute approximate surface area is 556 Å². The number of allylic oxidation sites excluding steroid dienone is 8. The zero-order chi connectivity index (χ0) is 64.2. The van der Waals surface area contributed by atoms with Crippen molar-refractivity contribution in [1.29, 1.82) is 0 Å². The molecule has 1 amide bonds. The fourth-order valence-corrected chi connectivity index (χ4v) is 12.7. The van der Waals surface area contributed by atoms with E-state index in [1.165, 1.54) is 353 Å². The Hall–Kier alpha value is -2.18. The van der Waals surface area contributed by atoms with E-state index in [0.717, 1.165) is 57.8 Å².